The Kier molecular flexibility index (Phi) is 7.30. The van der Waals surface area contributed by atoms with Crippen LogP contribution in [0.1, 0.15) is 24.0 Å². The number of anilines is 1. The third-order valence-corrected chi connectivity index (χ3v) is 8.70. The van der Waals surface area contributed by atoms with Gasteiger partial charge in [-0.3, -0.25) is 9.69 Å². The lowest BCUT2D eigenvalue weighted by atomic mass is 10.2. The van der Waals surface area contributed by atoms with Crippen molar-refractivity contribution in [1.29, 1.82) is 0 Å². The molecule has 1 aromatic heterocycles. The Labute approximate surface area is 206 Å². The molecule has 0 unspecified atom stereocenters. The number of sulfone groups is 1. The molecule has 0 fully saturated rings. The first-order valence-corrected chi connectivity index (χ1v) is 13.5. The van der Waals surface area contributed by atoms with Crippen LogP contribution in [-0.4, -0.2) is 25.1 Å². The van der Waals surface area contributed by atoms with Crippen molar-refractivity contribution in [1.82, 2.24) is 4.98 Å². The van der Waals surface area contributed by atoms with E-state index in [1.807, 2.05) is 49.4 Å². The minimum atomic E-state index is -3.62. The third-order valence-electron chi connectivity index (χ3n) is 5.43. The summed E-state index contributed by atoms with van der Waals surface area (Å²) in [5, 5.41) is 1.15. The summed E-state index contributed by atoms with van der Waals surface area (Å²) in [5.74, 6) is -0.933. The van der Waals surface area contributed by atoms with E-state index in [2.05, 4.69) is 4.98 Å². The minimum Gasteiger partial charge on any atom is -0.284 e. The highest BCUT2D eigenvalue weighted by molar-refractivity contribution is 7.91. The average Bonchev–Trinajstić information content (AvgIpc) is 3.25. The molecule has 0 radical (unpaired) electrons. The number of fused-ring (bicyclic) bond motifs is 1. The second-order valence-electron chi connectivity index (χ2n) is 7.86. The number of amides is 1. The maximum Gasteiger partial charge on any atom is 0.229 e. The van der Waals surface area contributed by atoms with Gasteiger partial charge >= 0.3 is 0 Å². The van der Waals surface area contributed by atoms with E-state index >= 15 is 0 Å². The van der Waals surface area contributed by atoms with Crippen LogP contribution in [-0.2, 0) is 21.2 Å². The van der Waals surface area contributed by atoms with Crippen molar-refractivity contribution in [3.8, 4) is 0 Å². The van der Waals surface area contributed by atoms with Gasteiger partial charge in [-0.25, -0.2) is 17.8 Å². The van der Waals surface area contributed by atoms with Gasteiger partial charge in [0.15, 0.2) is 15.0 Å². The molecule has 0 N–H and O–H groups in total. The number of aromatic nitrogens is 1. The van der Waals surface area contributed by atoms with Crippen LogP contribution in [0.15, 0.2) is 71.6 Å². The van der Waals surface area contributed by atoms with Crippen LogP contribution in [0.25, 0.3) is 10.2 Å². The van der Waals surface area contributed by atoms with E-state index in [0.29, 0.717) is 16.7 Å². The maximum absolute atomic E-state index is 13.3. The van der Waals surface area contributed by atoms with Gasteiger partial charge in [0.1, 0.15) is 5.82 Å². The maximum atomic E-state index is 13.3. The van der Waals surface area contributed by atoms with Crippen LogP contribution < -0.4 is 4.90 Å². The Morgan fingerprint density at radius 1 is 1.06 bits per heavy atom. The molecule has 1 heterocycles. The van der Waals surface area contributed by atoms with E-state index in [-0.39, 0.29) is 29.4 Å². The van der Waals surface area contributed by atoms with Crippen molar-refractivity contribution >= 4 is 54.0 Å². The monoisotopic (exact) mass is 516 g/mol. The number of halogens is 2. The Morgan fingerprint density at radius 2 is 1.76 bits per heavy atom. The van der Waals surface area contributed by atoms with Crippen molar-refractivity contribution in [2.75, 3.05) is 10.7 Å². The summed E-state index contributed by atoms with van der Waals surface area (Å²) in [6.45, 7) is 2.20. The molecule has 0 spiro atoms. The zero-order valence-corrected chi connectivity index (χ0v) is 20.8. The van der Waals surface area contributed by atoms with Gasteiger partial charge in [-0.2, -0.15) is 0 Å². The smallest absolute Gasteiger partial charge is 0.229 e. The lowest BCUT2D eigenvalue weighted by Gasteiger charge is -2.20. The molecule has 0 aliphatic heterocycles. The summed E-state index contributed by atoms with van der Waals surface area (Å²) in [6, 6.07) is 17.9. The second-order valence-corrected chi connectivity index (χ2v) is 11.4. The molecule has 0 bridgehead atoms. The molecular formula is C25H22ClFN2O3S2. The first kappa shape index (κ1) is 24.3. The van der Waals surface area contributed by atoms with Gasteiger partial charge in [0, 0.05) is 11.4 Å². The van der Waals surface area contributed by atoms with E-state index in [0.717, 1.165) is 33.5 Å². The second kappa shape index (κ2) is 10.2. The van der Waals surface area contributed by atoms with Crippen molar-refractivity contribution in [3.63, 3.8) is 0 Å². The molecule has 0 aliphatic rings. The molecule has 4 aromatic rings. The Morgan fingerprint density at radius 3 is 2.47 bits per heavy atom. The summed E-state index contributed by atoms with van der Waals surface area (Å²) in [6.07, 6.45) is 0.169. The van der Waals surface area contributed by atoms with Crippen molar-refractivity contribution < 1.29 is 17.6 Å². The quantitative estimate of drug-likeness (QED) is 0.262. The number of thiazole rings is 1. The normalized spacial score (nSPS) is 11.6. The summed E-state index contributed by atoms with van der Waals surface area (Å²) in [7, 11) is -3.62. The van der Waals surface area contributed by atoms with E-state index < -0.39 is 15.7 Å². The molecule has 176 valence electrons. The topological polar surface area (TPSA) is 67.3 Å². The Balaban J connectivity index is 1.55. The van der Waals surface area contributed by atoms with Crippen LogP contribution in [0.5, 0.6) is 0 Å². The lowest BCUT2D eigenvalue weighted by molar-refractivity contribution is -0.118. The van der Waals surface area contributed by atoms with Crippen LogP contribution in [0.4, 0.5) is 9.52 Å². The molecule has 0 saturated heterocycles. The molecule has 0 saturated carbocycles. The van der Waals surface area contributed by atoms with Crippen molar-refractivity contribution in [2.45, 2.75) is 31.2 Å². The number of carbonyl (C=O) groups is 1. The molecule has 3 aromatic carbocycles. The number of carbonyl (C=O) groups excluding carboxylic acids is 1. The molecule has 4 rings (SSSR count). The fraction of sp³-hybridized carbons (Fsp3) is 0.200. The molecule has 0 aliphatic carbocycles. The van der Waals surface area contributed by atoms with Crippen LogP contribution in [0.3, 0.4) is 0 Å². The van der Waals surface area contributed by atoms with Gasteiger partial charge in [-0.1, -0.05) is 53.3 Å². The van der Waals surface area contributed by atoms with E-state index in [9.17, 15) is 17.6 Å². The van der Waals surface area contributed by atoms with Crippen molar-refractivity contribution in [3.05, 3.63) is 88.7 Å². The summed E-state index contributed by atoms with van der Waals surface area (Å²) < 4.78 is 39.2. The van der Waals surface area contributed by atoms with E-state index in [1.54, 1.807) is 4.90 Å². The van der Waals surface area contributed by atoms with Crippen molar-refractivity contribution in [2.24, 2.45) is 0 Å². The zero-order chi connectivity index (χ0) is 24.3. The van der Waals surface area contributed by atoms with Gasteiger partial charge < -0.3 is 0 Å². The summed E-state index contributed by atoms with van der Waals surface area (Å²) in [4.78, 5) is 19.6. The fourth-order valence-corrected chi connectivity index (χ4v) is 6.05. The van der Waals surface area contributed by atoms with Gasteiger partial charge in [0.25, 0.3) is 0 Å². The van der Waals surface area contributed by atoms with Gasteiger partial charge in [-0.15, -0.1) is 0 Å². The first-order valence-electron chi connectivity index (χ1n) is 10.6. The number of rotatable bonds is 8. The molecule has 1 amide bonds. The van der Waals surface area contributed by atoms with E-state index in [4.69, 9.17) is 11.6 Å². The van der Waals surface area contributed by atoms with Crippen LogP contribution >= 0.6 is 22.9 Å². The highest BCUT2D eigenvalue weighted by atomic mass is 35.5. The average molecular weight is 517 g/mol. The minimum absolute atomic E-state index is 0.0307. The third kappa shape index (κ3) is 5.46. The van der Waals surface area contributed by atoms with Gasteiger partial charge in [0.05, 0.1) is 27.4 Å². The number of hydrogen-bond acceptors (Lipinski definition) is 5. The lowest BCUT2D eigenvalue weighted by Crippen LogP contribution is -2.30. The zero-order valence-electron chi connectivity index (χ0n) is 18.4. The predicted molar refractivity (Wildman–Crippen MR) is 135 cm³/mol. The van der Waals surface area contributed by atoms with E-state index in [1.165, 1.54) is 23.5 Å². The number of aryl methyl sites for hydroxylation is 1. The first-order chi connectivity index (χ1) is 16.2. The van der Waals surface area contributed by atoms with Gasteiger partial charge in [-0.05, 0) is 60.9 Å². The predicted octanol–water partition coefficient (Wildman–Crippen LogP) is 6.18. The molecule has 9 heteroatoms. The summed E-state index contributed by atoms with van der Waals surface area (Å²) >= 11 is 7.64. The number of hydrogen-bond donors (Lipinski definition) is 0. The largest absolute Gasteiger partial charge is 0.284 e. The highest BCUT2D eigenvalue weighted by Gasteiger charge is 2.22. The number of benzene rings is 3. The molecule has 5 nitrogen and oxygen atoms in total. The molecule has 0 atom stereocenters. The molecule has 34 heavy (non-hydrogen) atoms. The molecular weight excluding hydrogens is 495 g/mol. The fourth-order valence-electron chi connectivity index (χ4n) is 3.54. The highest BCUT2D eigenvalue weighted by Crippen LogP contribution is 2.34. The van der Waals surface area contributed by atoms with Gasteiger partial charge in [0.2, 0.25) is 5.91 Å². The van der Waals surface area contributed by atoms with Crippen LogP contribution in [0.2, 0.25) is 5.02 Å². The SMILES string of the molecule is Cc1c(Cl)ccc2sc(N(Cc3ccccc3)C(=O)CCCS(=O)(=O)c3ccc(F)cc3)nc12. The Bertz CT molecular complexity index is 1420. The van der Waals surface area contributed by atoms with Crippen LogP contribution in [0, 0.1) is 12.7 Å². The Hall–Kier alpha value is -2.81. The number of nitrogens with zero attached hydrogens (tertiary/aromatic N) is 2. The standard InChI is InChI=1S/C25H22ClFN2O3S2/c1-17-21(26)13-14-22-24(17)28-25(33-22)29(16-18-6-3-2-4-7-18)23(30)8-5-15-34(31,32)20-11-9-19(27)10-12-20/h2-4,6-7,9-14H,5,8,15-16H2,1H3. The summed E-state index contributed by atoms with van der Waals surface area (Å²) in [5.41, 5.74) is 2.53.